The summed E-state index contributed by atoms with van der Waals surface area (Å²) in [5.41, 5.74) is 1.20. The molecule has 0 aliphatic carbocycles. The number of nitrogens with zero attached hydrogens (tertiary/aromatic N) is 4. The fraction of sp³-hybridized carbons (Fsp3) is 0.300. The van der Waals surface area contributed by atoms with E-state index < -0.39 is 5.82 Å². The lowest BCUT2D eigenvalue weighted by Crippen LogP contribution is -2.26. The fourth-order valence-electron chi connectivity index (χ4n) is 2.75. The van der Waals surface area contributed by atoms with Crippen molar-refractivity contribution < 1.29 is 18.7 Å². The van der Waals surface area contributed by atoms with Gasteiger partial charge in [-0.15, -0.1) is 10.2 Å². The van der Waals surface area contributed by atoms with Gasteiger partial charge in [-0.1, -0.05) is 19.1 Å². The summed E-state index contributed by atoms with van der Waals surface area (Å²) >= 11 is 0. The van der Waals surface area contributed by atoms with Crippen molar-refractivity contribution >= 4 is 5.91 Å². The first-order chi connectivity index (χ1) is 14.1. The van der Waals surface area contributed by atoms with Gasteiger partial charge in [0, 0.05) is 12.6 Å². The summed E-state index contributed by atoms with van der Waals surface area (Å²) in [6.45, 7) is 2.62. The zero-order chi connectivity index (χ0) is 20.6. The second-order valence-electron chi connectivity index (χ2n) is 6.09. The molecule has 2 aromatic heterocycles. The largest absolute Gasteiger partial charge is 0.490 e. The normalized spacial score (nSPS) is 10.6. The molecule has 9 heteroatoms. The number of aromatic nitrogens is 4. The molecule has 0 radical (unpaired) electrons. The van der Waals surface area contributed by atoms with Crippen LogP contribution >= 0.6 is 0 Å². The van der Waals surface area contributed by atoms with Crippen LogP contribution in [0.5, 0.6) is 11.6 Å². The molecule has 3 aromatic rings. The lowest BCUT2D eigenvalue weighted by atomic mass is 10.2. The molecule has 0 saturated carbocycles. The standard InChI is InChI=1S/C20H22FN5O3/c1-3-16-14(13-23-26(16)18-9-10-19(28-2)25-24-18)20(27)22-11-6-12-29-17-8-5-4-7-15(17)21/h4-5,7-10,13H,3,6,11-12H2,1-2H3,(H,22,27). The van der Waals surface area contributed by atoms with E-state index in [9.17, 15) is 9.18 Å². The Labute approximate surface area is 167 Å². The zero-order valence-corrected chi connectivity index (χ0v) is 16.3. The Morgan fingerprint density at radius 1 is 1.21 bits per heavy atom. The van der Waals surface area contributed by atoms with Crippen LogP contribution in [-0.4, -0.2) is 46.1 Å². The number of halogens is 1. The van der Waals surface area contributed by atoms with Crippen molar-refractivity contribution in [1.29, 1.82) is 0 Å². The number of rotatable bonds is 9. The maximum Gasteiger partial charge on any atom is 0.254 e. The van der Waals surface area contributed by atoms with Gasteiger partial charge in [-0.2, -0.15) is 5.10 Å². The maximum atomic E-state index is 13.5. The molecular formula is C20H22FN5O3. The van der Waals surface area contributed by atoms with E-state index in [1.807, 2.05) is 6.92 Å². The summed E-state index contributed by atoms with van der Waals surface area (Å²) < 4.78 is 25.5. The quantitative estimate of drug-likeness (QED) is 0.556. The predicted octanol–water partition coefficient (Wildman–Crippen LogP) is 2.57. The van der Waals surface area contributed by atoms with Crippen LogP contribution in [0, 0.1) is 5.82 Å². The summed E-state index contributed by atoms with van der Waals surface area (Å²) in [5.74, 6) is 0.460. The van der Waals surface area contributed by atoms with Crippen molar-refractivity contribution in [2.45, 2.75) is 19.8 Å². The van der Waals surface area contributed by atoms with Crippen LogP contribution < -0.4 is 14.8 Å². The highest BCUT2D eigenvalue weighted by molar-refractivity contribution is 5.95. The lowest BCUT2D eigenvalue weighted by molar-refractivity contribution is 0.0950. The van der Waals surface area contributed by atoms with Crippen molar-refractivity contribution in [2.75, 3.05) is 20.3 Å². The van der Waals surface area contributed by atoms with E-state index in [1.54, 1.807) is 35.0 Å². The van der Waals surface area contributed by atoms with Gasteiger partial charge in [0.2, 0.25) is 5.88 Å². The number of amides is 1. The van der Waals surface area contributed by atoms with Gasteiger partial charge >= 0.3 is 0 Å². The molecule has 2 heterocycles. The van der Waals surface area contributed by atoms with Crippen molar-refractivity contribution in [3.05, 3.63) is 59.7 Å². The van der Waals surface area contributed by atoms with E-state index in [4.69, 9.17) is 9.47 Å². The van der Waals surface area contributed by atoms with Crippen molar-refractivity contribution in [1.82, 2.24) is 25.3 Å². The molecule has 152 valence electrons. The molecular weight excluding hydrogens is 377 g/mol. The first kappa shape index (κ1) is 20.2. The molecule has 1 N–H and O–H groups in total. The van der Waals surface area contributed by atoms with E-state index in [1.165, 1.54) is 19.4 Å². The molecule has 0 fully saturated rings. The molecule has 1 aromatic carbocycles. The van der Waals surface area contributed by atoms with E-state index in [2.05, 4.69) is 20.6 Å². The molecule has 0 aliphatic rings. The SMILES string of the molecule is CCc1c(C(=O)NCCCOc2ccccc2F)cnn1-c1ccc(OC)nn1. The lowest BCUT2D eigenvalue weighted by Gasteiger charge is -2.09. The monoisotopic (exact) mass is 399 g/mol. The summed E-state index contributed by atoms with van der Waals surface area (Å²) in [7, 11) is 1.51. The minimum absolute atomic E-state index is 0.203. The third-order valence-corrected chi connectivity index (χ3v) is 4.20. The Bertz CT molecular complexity index is 959. The Morgan fingerprint density at radius 3 is 2.72 bits per heavy atom. The Hall–Kier alpha value is -3.49. The number of hydrogen-bond donors (Lipinski definition) is 1. The summed E-state index contributed by atoms with van der Waals surface area (Å²) in [6, 6.07) is 9.62. The second kappa shape index (κ2) is 9.63. The second-order valence-corrected chi connectivity index (χ2v) is 6.09. The highest BCUT2D eigenvalue weighted by Crippen LogP contribution is 2.16. The number of carbonyl (C=O) groups excluding carboxylic acids is 1. The van der Waals surface area contributed by atoms with Crippen molar-refractivity contribution in [2.24, 2.45) is 0 Å². The van der Waals surface area contributed by atoms with Gasteiger partial charge in [0.1, 0.15) is 0 Å². The smallest absolute Gasteiger partial charge is 0.254 e. The molecule has 0 atom stereocenters. The maximum absolute atomic E-state index is 13.5. The van der Waals surface area contributed by atoms with Gasteiger partial charge in [-0.3, -0.25) is 4.79 Å². The first-order valence-corrected chi connectivity index (χ1v) is 9.24. The first-order valence-electron chi connectivity index (χ1n) is 9.24. The number of nitrogens with one attached hydrogen (secondary N) is 1. The average molecular weight is 399 g/mol. The molecule has 0 saturated heterocycles. The number of benzene rings is 1. The predicted molar refractivity (Wildman–Crippen MR) is 104 cm³/mol. The van der Waals surface area contributed by atoms with Gasteiger partial charge in [-0.05, 0) is 31.0 Å². The number of ether oxygens (including phenoxy) is 2. The summed E-state index contributed by atoms with van der Waals surface area (Å²) in [5, 5.41) is 15.1. The number of carbonyl (C=O) groups is 1. The van der Waals surface area contributed by atoms with E-state index in [0.717, 1.165) is 5.69 Å². The van der Waals surface area contributed by atoms with Crippen molar-refractivity contribution in [3.8, 4) is 17.4 Å². The van der Waals surface area contributed by atoms with Gasteiger partial charge in [0.15, 0.2) is 17.4 Å². The molecule has 0 aliphatic heterocycles. The van der Waals surface area contributed by atoms with Gasteiger partial charge < -0.3 is 14.8 Å². The number of para-hydroxylation sites is 1. The fourth-order valence-corrected chi connectivity index (χ4v) is 2.75. The van der Waals surface area contributed by atoms with Gasteiger partial charge in [-0.25, -0.2) is 9.07 Å². The van der Waals surface area contributed by atoms with Crippen LogP contribution in [0.4, 0.5) is 4.39 Å². The van der Waals surface area contributed by atoms with Crippen LogP contribution in [-0.2, 0) is 6.42 Å². The van der Waals surface area contributed by atoms with Crippen LogP contribution in [0.2, 0.25) is 0 Å². The van der Waals surface area contributed by atoms with E-state index in [0.29, 0.717) is 43.3 Å². The Morgan fingerprint density at radius 2 is 2.03 bits per heavy atom. The van der Waals surface area contributed by atoms with Gasteiger partial charge in [0.05, 0.1) is 31.2 Å². The van der Waals surface area contributed by atoms with Crippen LogP contribution in [0.15, 0.2) is 42.6 Å². The third kappa shape index (κ3) is 4.87. The minimum atomic E-state index is -0.404. The molecule has 0 unspecified atom stereocenters. The molecule has 0 bridgehead atoms. The number of methoxy groups -OCH3 is 1. The molecule has 1 amide bonds. The summed E-state index contributed by atoms with van der Waals surface area (Å²) in [6.07, 6.45) is 2.64. The minimum Gasteiger partial charge on any atom is -0.490 e. The molecule has 8 nitrogen and oxygen atoms in total. The Balaban J connectivity index is 1.56. The highest BCUT2D eigenvalue weighted by atomic mass is 19.1. The molecule has 3 rings (SSSR count). The zero-order valence-electron chi connectivity index (χ0n) is 16.3. The van der Waals surface area contributed by atoms with E-state index in [-0.39, 0.29) is 11.7 Å². The van der Waals surface area contributed by atoms with Crippen LogP contribution in [0.3, 0.4) is 0 Å². The van der Waals surface area contributed by atoms with Gasteiger partial charge in [0.25, 0.3) is 5.91 Å². The van der Waals surface area contributed by atoms with Crippen LogP contribution in [0.1, 0.15) is 29.4 Å². The molecule has 29 heavy (non-hydrogen) atoms. The number of hydrogen-bond acceptors (Lipinski definition) is 6. The summed E-state index contributed by atoms with van der Waals surface area (Å²) in [4.78, 5) is 12.5. The Kier molecular flexibility index (Phi) is 6.72. The average Bonchev–Trinajstić information content (AvgIpc) is 3.19. The third-order valence-electron chi connectivity index (χ3n) is 4.20. The highest BCUT2D eigenvalue weighted by Gasteiger charge is 2.17. The van der Waals surface area contributed by atoms with Crippen LogP contribution in [0.25, 0.3) is 5.82 Å². The topological polar surface area (TPSA) is 91.2 Å². The van der Waals surface area contributed by atoms with E-state index >= 15 is 0 Å². The molecule has 0 spiro atoms. The van der Waals surface area contributed by atoms with Crippen molar-refractivity contribution in [3.63, 3.8) is 0 Å².